The summed E-state index contributed by atoms with van der Waals surface area (Å²) in [5.41, 5.74) is -0.513. The molecule has 0 radical (unpaired) electrons. The van der Waals surface area contributed by atoms with Crippen molar-refractivity contribution < 1.29 is 19.8 Å². The van der Waals surface area contributed by atoms with Gasteiger partial charge in [-0.3, -0.25) is 0 Å². The lowest BCUT2D eigenvalue weighted by molar-refractivity contribution is 0.00274. The van der Waals surface area contributed by atoms with Crippen LogP contribution in [0.3, 0.4) is 0 Å². The summed E-state index contributed by atoms with van der Waals surface area (Å²) >= 11 is 0. The van der Waals surface area contributed by atoms with Crippen LogP contribution < -0.4 is 4.74 Å². The SMILES string of the molecule is [2H]C([2H])([2H])Oc1ccc2c(c1)[C@]13CCCCC1[C@]([2H])(C2)N(C([2H])([2H])[2H])C([2H])([2H])C3([2H])[2H]. The predicted octanol–water partition coefficient (Wildman–Crippen LogP) is 3.38. The molecule has 1 unspecified atom stereocenters. The lowest BCUT2D eigenvalue weighted by Crippen LogP contribution is -2.59. The summed E-state index contributed by atoms with van der Waals surface area (Å²) in [5, 5.41) is 0. The second-order valence-corrected chi connectivity index (χ2v) is 5.93. The molecular formula is C18H25NO. The van der Waals surface area contributed by atoms with Crippen molar-refractivity contribution in [3.63, 3.8) is 0 Å². The fourth-order valence-electron chi connectivity index (χ4n) is 4.13. The number of methoxy groups -OCH3 is 1. The number of likely N-dealkylation sites (N-methyl/N-ethyl adjacent to an activating group) is 1. The first-order valence-electron chi connectivity index (χ1n) is 12.6. The molecule has 1 aromatic carbocycles. The van der Waals surface area contributed by atoms with Crippen LogP contribution in [-0.2, 0) is 11.8 Å². The maximum atomic E-state index is 9.28. The van der Waals surface area contributed by atoms with Gasteiger partial charge in [0.25, 0.3) is 0 Å². The highest BCUT2D eigenvalue weighted by Gasteiger charge is 2.53. The fourth-order valence-corrected chi connectivity index (χ4v) is 4.13. The number of fused-ring (bicyclic) bond motifs is 1. The lowest BCUT2D eigenvalue weighted by atomic mass is 9.52. The van der Waals surface area contributed by atoms with Crippen LogP contribution in [0.25, 0.3) is 0 Å². The summed E-state index contributed by atoms with van der Waals surface area (Å²) < 4.78 is 95.6. The quantitative estimate of drug-likeness (QED) is 0.783. The van der Waals surface area contributed by atoms with Crippen molar-refractivity contribution >= 4 is 0 Å². The Bertz CT molecular complexity index is 895. The van der Waals surface area contributed by atoms with Gasteiger partial charge in [0.2, 0.25) is 0 Å². The molecule has 1 saturated heterocycles. The Morgan fingerprint density at radius 1 is 1.50 bits per heavy atom. The van der Waals surface area contributed by atoms with E-state index in [2.05, 4.69) is 0 Å². The molecule has 1 aliphatic heterocycles. The van der Waals surface area contributed by atoms with Gasteiger partial charge in [-0.05, 0) is 68.3 Å². The Balaban J connectivity index is 2.02. The number of benzene rings is 1. The summed E-state index contributed by atoms with van der Waals surface area (Å²) in [6.07, 6.45) is -0.852. The van der Waals surface area contributed by atoms with Crippen LogP contribution in [0.4, 0.5) is 0 Å². The van der Waals surface area contributed by atoms with Gasteiger partial charge in [0.05, 0.1) is 11.2 Å². The van der Waals surface area contributed by atoms with E-state index in [-0.39, 0.29) is 18.6 Å². The van der Waals surface area contributed by atoms with Gasteiger partial charge >= 0.3 is 0 Å². The third-order valence-electron chi connectivity index (χ3n) is 5.04. The van der Waals surface area contributed by atoms with Crippen molar-refractivity contribution in [2.24, 2.45) is 5.92 Å². The molecule has 1 heterocycles. The first-order valence-corrected chi connectivity index (χ1v) is 7.11. The average Bonchev–Trinajstić information content (AvgIpc) is 2.58. The van der Waals surface area contributed by atoms with Gasteiger partial charge in [-0.15, -0.1) is 0 Å². The summed E-state index contributed by atoms with van der Waals surface area (Å²) in [6, 6.07) is 2.56. The van der Waals surface area contributed by atoms with E-state index < -0.39 is 44.2 Å². The highest BCUT2D eigenvalue weighted by Crippen LogP contribution is 2.55. The number of piperidine rings is 1. The number of hydrogen-bond donors (Lipinski definition) is 0. The normalized spacial score (nSPS) is 54.2. The Morgan fingerprint density at radius 2 is 2.50 bits per heavy atom. The van der Waals surface area contributed by atoms with Gasteiger partial charge in [0, 0.05) is 22.4 Å². The van der Waals surface area contributed by atoms with Crippen LogP contribution in [0.2, 0.25) is 0 Å². The summed E-state index contributed by atoms with van der Waals surface area (Å²) in [4.78, 5) is 0.469. The minimum atomic E-state index is -3.01. The van der Waals surface area contributed by atoms with Crippen molar-refractivity contribution in [1.29, 1.82) is 0 Å². The molecule has 3 atom stereocenters. The molecule has 0 N–H and O–H groups in total. The molecule has 2 fully saturated rings. The maximum absolute atomic E-state index is 9.28. The standard InChI is InChI=1S/C18H25NO/c1-19-10-9-18-8-4-3-5-15(18)17(19)11-13-6-7-14(20-2)12-16(13)18/h6-7,12,15,17H,3-5,8-11H2,1-2H3/t15?,17-,18-/m0/s1/i1D3,2D3,9D2,10D2,17D. The van der Waals surface area contributed by atoms with Gasteiger partial charge < -0.3 is 9.64 Å². The molecule has 2 nitrogen and oxygen atoms in total. The second kappa shape index (κ2) is 4.49. The Kier molecular flexibility index (Phi) is 1.27. The summed E-state index contributed by atoms with van der Waals surface area (Å²) in [5.74, 6) is -0.756. The van der Waals surface area contributed by atoms with E-state index in [0.717, 1.165) is 0 Å². The van der Waals surface area contributed by atoms with Crippen LogP contribution in [0.5, 0.6) is 5.75 Å². The van der Waals surface area contributed by atoms with E-state index in [1.807, 2.05) is 0 Å². The van der Waals surface area contributed by atoms with Crippen molar-refractivity contribution in [2.45, 2.75) is 49.9 Å². The second-order valence-electron chi connectivity index (χ2n) is 5.93. The van der Waals surface area contributed by atoms with Gasteiger partial charge in [-0.25, -0.2) is 0 Å². The number of likely N-dealkylation sites (tertiary alicyclic amines) is 1. The Morgan fingerprint density at radius 3 is 3.40 bits per heavy atom. The molecule has 2 bridgehead atoms. The van der Waals surface area contributed by atoms with Crippen molar-refractivity contribution in [1.82, 2.24) is 4.90 Å². The van der Waals surface area contributed by atoms with Gasteiger partial charge in [-0.1, -0.05) is 18.9 Å². The lowest BCUT2D eigenvalue weighted by Gasteiger charge is -2.58. The monoisotopic (exact) mass is 282 g/mol. The summed E-state index contributed by atoms with van der Waals surface area (Å²) in [6.45, 7) is -5.96. The van der Waals surface area contributed by atoms with Gasteiger partial charge in [0.15, 0.2) is 0 Å². The first kappa shape index (κ1) is 5.64. The molecule has 0 aromatic heterocycles. The van der Waals surface area contributed by atoms with Gasteiger partial charge in [-0.2, -0.15) is 0 Å². The number of rotatable bonds is 1. The zero-order valence-electron chi connectivity index (χ0n) is 22.2. The Hall–Kier alpha value is -1.02. The van der Waals surface area contributed by atoms with Crippen molar-refractivity contribution in [3.05, 3.63) is 29.3 Å². The smallest absolute Gasteiger partial charge is 0.119 e. The van der Waals surface area contributed by atoms with Crippen LogP contribution in [-0.4, -0.2) is 31.4 Å². The van der Waals surface area contributed by atoms with Crippen LogP contribution in [0.1, 0.15) is 58.3 Å². The zero-order chi connectivity index (χ0) is 23.3. The minimum absolute atomic E-state index is 0.0181. The van der Waals surface area contributed by atoms with Gasteiger partial charge in [0.1, 0.15) is 5.75 Å². The summed E-state index contributed by atoms with van der Waals surface area (Å²) in [7, 11) is -2.70. The molecule has 3 aliphatic rings. The van der Waals surface area contributed by atoms with E-state index in [0.29, 0.717) is 35.3 Å². The third-order valence-corrected chi connectivity index (χ3v) is 5.04. The van der Waals surface area contributed by atoms with Crippen molar-refractivity contribution in [3.8, 4) is 5.75 Å². The molecule has 0 spiro atoms. The number of nitrogens with zero attached hydrogens (tertiary/aromatic N) is 1. The van der Waals surface area contributed by atoms with Crippen LogP contribution in [0.15, 0.2) is 18.2 Å². The molecule has 2 aliphatic carbocycles. The van der Waals surface area contributed by atoms with E-state index in [1.165, 1.54) is 12.1 Å². The maximum Gasteiger partial charge on any atom is 0.119 e. The minimum Gasteiger partial charge on any atom is -0.497 e. The molecule has 1 aromatic rings. The molecule has 2 heteroatoms. The molecule has 4 rings (SSSR count). The highest BCUT2D eigenvalue weighted by atomic mass is 16.5. The molecule has 108 valence electrons. The predicted molar refractivity (Wildman–Crippen MR) is 81.4 cm³/mol. The number of ether oxygens (including phenoxy) is 1. The zero-order valence-corrected chi connectivity index (χ0v) is 11.2. The van der Waals surface area contributed by atoms with E-state index in [4.69, 9.17) is 18.4 Å². The largest absolute Gasteiger partial charge is 0.497 e. The first-order chi connectivity index (χ1) is 14.0. The molecule has 1 saturated carbocycles. The molecule has 0 amide bonds. The number of hydrogen-bond acceptors (Lipinski definition) is 2. The molecular weight excluding hydrogens is 246 g/mol. The topological polar surface area (TPSA) is 12.5 Å². The van der Waals surface area contributed by atoms with Crippen LogP contribution in [0, 0.1) is 5.92 Å². The highest BCUT2D eigenvalue weighted by molar-refractivity contribution is 5.45. The average molecular weight is 282 g/mol. The van der Waals surface area contributed by atoms with E-state index in [1.54, 1.807) is 6.07 Å². The van der Waals surface area contributed by atoms with Crippen LogP contribution >= 0.6 is 0 Å². The van der Waals surface area contributed by atoms with Crippen molar-refractivity contribution in [2.75, 3.05) is 20.5 Å². The van der Waals surface area contributed by atoms with E-state index >= 15 is 0 Å². The van der Waals surface area contributed by atoms with E-state index in [9.17, 15) is 1.37 Å². The Labute approximate surface area is 137 Å². The molecule has 20 heavy (non-hydrogen) atoms. The third kappa shape index (κ3) is 1.60. The fraction of sp³-hybridized carbons (Fsp3) is 0.667.